The molecular weight excluding hydrogens is 411 g/mol. The molecule has 9 heteroatoms. The van der Waals surface area contributed by atoms with Gasteiger partial charge in [0.05, 0.1) is 32.0 Å². The second-order valence-electron chi connectivity index (χ2n) is 8.58. The van der Waals surface area contributed by atoms with Gasteiger partial charge in [-0.05, 0) is 31.0 Å². The lowest BCUT2D eigenvalue weighted by Crippen LogP contribution is -2.46. The van der Waals surface area contributed by atoms with E-state index in [0.717, 1.165) is 50.3 Å². The number of carbonyl (C=O) groups excluding carboxylic acids is 1. The molecule has 3 aliphatic heterocycles. The summed E-state index contributed by atoms with van der Waals surface area (Å²) in [4.78, 5) is 28.9. The van der Waals surface area contributed by atoms with Crippen LogP contribution in [0, 0.1) is 5.82 Å². The molecule has 170 valence electrons. The lowest BCUT2D eigenvalue weighted by molar-refractivity contribution is -0.134. The molecule has 2 aromatic rings. The van der Waals surface area contributed by atoms with Crippen molar-refractivity contribution in [1.82, 2.24) is 19.8 Å². The van der Waals surface area contributed by atoms with Crippen LogP contribution in [-0.2, 0) is 22.5 Å². The molecule has 5 rings (SSSR count). The first-order valence-corrected chi connectivity index (χ1v) is 11.4. The van der Waals surface area contributed by atoms with E-state index in [2.05, 4.69) is 15.1 Å². The van der Waals surface area contributed by atoms with Crippen LogP contribution in [0.2, 0.25) is 0 Å². The van der Waals surface area contributed by atoms with Crippen LogP contribution in [0.5, 0.6) is 0 Å². The molecule has 1 aromatic heterocycles. The van der Waals surface area contributed by atoms with Gasteiger partial charge in [-0.15, -0.1) is 0 Å². The Kier molecular flexibility index (Phi) is 6.18. The molecule has 8 nitrogen and oxygen atoms in total. The molecule has 1 amide bonds. The minimum Gasteiger partial charge on any atom is -0.379 e. The number of aromatic nitrogens is 2. The van der Waals surface area contributed by atoms with Gasteiger partial charge in [-0.2, -0.15) is 4.98 Å². The average molecular weight is 441 g/mol. The lowest BCUT2D eigenvalue weighted by Gasteiger charge is -2.33. The zero-order valence-electron chi connectivity index (χ0n) is 18.2. The number of hydrogen-bond donors (Lipinski definition) is 1. The minimum atomic E-state index is -0.306. The molecule has 3 aliphatic rings. The average Bonchev–Trinajstić information content (AvgIpc) is 3.34. The predicted molar refractivity (Wildman–Crippen MR) is 120 cm³/mol. The van der Waals surface area contributed by atoms with E-state index in [1.165, 1.54) is 12.1 Å². The first kappa shape index (κ1) is 21.1. The maximum absolute atomic E-state index is 13.8. The van der Waals surface area contributed by atoms with Gasteiger partial charge in [-0.3, -0.25) is 9.69 Å². The molecule has 0 aliphatic carbocycles. The van der Waals surface area contributed by atoms with E-state index in [-0.39, 0.29) is 11.7 Å². The van der Waals surface area contributed by atoms with Crippen molar-refractivity contribution < 1.29 is 13.9 Å². The van der Waals surface area contributed by atoms with E-state index >= 15 is 0 Å². The van der Waals surface area contributed by atoms with Crippen molar-refractivity contribution in [1.29, 1.82) is 0 Å². The molecule has 0 atom stereocenters. The Balaban J connectivity index is 1.40. The number of hydrogen-bond acceptors (Lipinski definition) is 7. The van der Waals surface area contributed by atoms with Crippen LogP contribution in [-0.4, -0.2) is 78.2 Å². The van der Waals surface area contributed by atoms with E-state index in [9.17, 15) is 9.18 Å². The Morgan fingerprint density at radius 1 is 1.09 bits per heavy atom. The number of ether oxygens (including phenoxy) is 1. The third kappa shape index (κ3) is 4.68. The number of rotatable bonds is 5. The maximum atomic E-state index is 13.8. The second kappa shape index (κ2) is 9.38. The first-order valence-electron chi connectivity index (χ1n) is 11.4. The third-order valence-corrected chi connectivity index (χ3v) is 6.34. The largest absolute Gasteiger partial charge is 0.379 e. The van der Waals surface area contributed by atoms with Crippen LogP contribution in [0.15, 0.2) is 24.3 Å². The highest BCUT2D eigenvalue weighted by Crippen LogP contribution is 2.30. The van der Waals surface area contributed by atoms with Gasteiger partial charge in [0.1, 0.15) is 11.6 Å². The molecule has 2 saturated heterocycles. The van der Waals surface area contributed by atoms with Crippen molar-refractivity contribution in [3.8, 4) is 0 Å². The summed E-state index contributed by atoms with van der Waals surface area (Å²) in [6, 6.07) is 6.36. The number of benzene rings is 1. The van der Waals surface area contributed by atoms with Crippen molar-refractivity contribution in [3.05, 3.63) is 41.3 Å². The number of morpholine rings is 1. The highest BCUT2D eigenvalue weighted by molar-refractivity contribution is 5.79. The Labute approximate surface area is 187 Å². The number of halogens is 1. The SMILES string of the molecule is O=C(CN1CCOCC1)N1CCc2nc(N3CCCC3)nc(Nc3cccc(F)c3)c2C1. The normalized spacial score (nSPS) is 19.2. The van der Waals surface area contributed by atoms with Gasteiger partial charge < -0.3 is 19.9 Å². The maximum Gasteiger partial charge on any atom is 0.237 e. The summed E-state index contributed by atoms with van der Waals surface area (Å²) in [5.74, 6) is 1.18. The molecule has 0 saturated carbocycles. The summed E-state index contributed by atoms with van der Waals surface area (Å²) in [5.41, 5.74) is 2.52. The van der Waals surface area contributed by atoms with Gasteiger partial charge in [0, 0.05) is 50.4 Å². The summed E-state index contributed by atoms with van der Waals surface area (Å²) < 4.78 is 19.2. The number of nitrogens with zero attached hydrogens (tertiary/aromatic N) is 5. The monoisotopic (exact) mass is 440 g/mol. The number of fused-ring (bicyclic) bond motifs is 1. The van der Waals surface area contributed by atoms with Crippen molar-refractivity contribution in [3.63, 3.8) is 0 Å². The van der Waals surface area contributed by atoms with Crippen LogP contribution in [0.25, 0.3) is 0 Å². The summed E-state index contributed by atoms with van der Waals surface area (Å²) in [6.07, 6.45) is 2.96. The van der Waals surface area contributed by atoms with Crippen LogP contribution in [0.3, 0.4) is 0 Å². The van der Waals surface area contributed by atoms with Crippen LogP contribution >= 0.6 is 0 Å². The fourth-order valence-corrected chi connectivity index (χ4v) is 4.53. The molecule has 0 unspecified atom stereocenters. The van der Waals surface area contributed by atoms with E-state index in [0.29, 0.717) is 56.7 Å². The highest BCUT2D eigenvalue weighted by Gasteiger charge is 2.28. The minimum absolute atomic E-state index is 0.109. The summed E-state index contributed by atoms with van der Waals surface area (Å²) in [6.45, 7) is 6.30. The van der Waals surface area contributed by atoms with E-state index in [1.807, 2.05) is 11.0 Å². The van der Waals surface area contributed by atoms with Crippen LogP contribution in [0.4, 0.5) is 21.8 Å². The standard InChI is InChI=1S/C23H29FN6O2/c24-17-4-3-5-18(14-17)25-22-19-15-30(21(31)16-28-10-12-32-13-11-28)9-6-20(19)26-23(27-22)29-7-1-2-8-29/h3-5,14H,1-2,6-13,15-16H2,(H,25,26,27). The Morgan fingerprint density at radius 2 is 1.91 bits per heavy atom. The summed E-state index contributed by atoms with van der Waals surface area (Å²) in [7, 11) is 0. The molecule has 4 heterocycles. The number of carbonyl (C=O) groups is 1. The van der Waals surface area contributed by atoms with Crippen molar-refractivity contribution >= 4 is 23.4 Å². The zero-order chi connectivity index (χ0) is 21.9. The van der Waals surface area contributed by atoms with Gasteiger partial charge in [0.2, 0.25) is 11.9 Å². The van der Waals surface area contributed by atoms with E-state index in [1.54, 1.807) is 6.07 Å². The van der Waals surface area contributed by atoms with Gasteiger partial charge in [0.15, 0.2) is 0 Å². The fourth-order valence-electron chi connectivity index (χ4n) is 4.53. The highest BCUT2D eigenvalue weighted by atomic mass is 19.1. The van der Waals surface area contributed by atoms with Gasteiger partial charge in [0.25, 0.3) is 0 Å². The smallest absolute Gasteiger partial charge is 0.237 e. The number of nitrogens with one attached hydrogen (secondary N) is 1. The Bertz CT molecular complexity index is 975. The predicted octanol–water partition coefficient (Wildman–Crippen LogP) is 2.18. The molecule has 32 heavy (non-hydrogen) atoms. The molecule has 0 bridgehead atoms. The number of amides is 1. The number of anilines is 3. The van der Waals surface area contributed by atoms with Crippen molar-refractivity contribution in [2.75, 3.05) is 62.7 Å². The molecule has 0 radical (unpaired) electrons. The second-order valence-corrected chi connectivity index (χ2v) is 8.58. The zero-order valence-corrected chi connectivity index (χ0v) is 18.2. The quantitative estimate of drug-likeness (QED) is 0.764. The molecule has 1 N–H and O–H groups in total. The topological polar surface area (TPSA) is 73.8 Å². The first-order chi connectivity index (χ1) is 15.7. The molecule has 1 aromatic carbocycles. The molecule has 2 fully saturated rings. The van der Waals surface area contributed by atoms with Crippen LogP contribution < -0.4 is 10.2 Å². The lowest BCUT2D eigenvalue weighted by atomic mass is 10.1. The summed E-state index contributed by atoms with van der Waals surface area (Å²) >= 11 is 0. The van der Waals surface area contributed by atoms with E-state index in [4.69, 9.17) is 14.7 Å². The van der Waals surface area contributed by atoms with E-state index < -0.39 is 0 Å². The summed E-state index contributed by atoms with van der Waals surface area (Å²) in [5, 5.41) is 3.29. The fraction of sp³-hybridized carbons (Fsp3) is 0.522. The Hall–Kier alpha value is -2.78. The Morgan fingerprint density at radius 3 is 2.69 bits per heavy atom. The van der Waals surface area contributed by atoms with Gasteiger partial charge in [-0.25, -0.2) is 9.37 Å². The van der Waals surface area contributed by atoms with Crippen LogP contribution in [0.1, 0.15) is 24.1 Å². The van der Waals surface area contributed by atoms with Crippen molar-refractivity contribution in [2.24, 2.45) is 0 Å². The van der Waals surface area contributed by atoms with Gasteiger partial charge >= 0.3 is 0 Å². The molecular formula is C23H29FN6O2. The van der Waals surface area contributed by atoms with Crippen molar-refractivity contribution in [2.45, 2.75) is 25.8 Å². The third-order valence-electron chi connectivity index (χ3n) is 6.34. The van der Waals surface area contributed by atoms with Gasteiger partial charge in [-0.1, -0.05) is 6.07 Å². The molecule has 0 spiro atoms.